The molecule has 0 aliphatic rings. The average molecular weight is 278 g/mol. The van der Waals surface area contributed by atoms with Gasteiger partial charge in [0.15, 0.2) is 5.82 Å². The fourth-order valence-corrected chi connectivity index (χ4v) is 1.21. The normalized spacial score (nSPS) is 9.93. The first-order valence-electron chi connectivity index (χ1n) is 3.87. The topological polar surface area (TPSA) is 63.8 Å². The van der Waals surface area contributed by atoms with Gasteiger partial charge in [-0.1, -0.05) is 22.5 Å². The maximum atomic E-state index is 5.75. The van der Waals surface area contributed by atoms with E-state index in [0.29, 0.717) is 23.7 Å². The van der Waals surface area contributed by atoms with Crippen molar-refractivity contribution >= 4 is 39.0 Å². The molecule has 0 saturated heterocycles. The molecule has 4 nitrogen and oxygen atoms in total. The first kappa shape index (κ1) is 11.3. The molecule has 0 aromatic carbocycles. The van der Waals surface area contributed by atoms with E-state index in [1.807, 2.05) is 0 Å². The molecule has 0 saturated carbocycles. The van der Waals surface area contributed by atoms with Crippen LogP contribution in [0.25, 0.3) is 0 Å². The number of nitrogens with one attached hydrogen (secondary N) is 1. The average Bonchev–Trinajstić information content (AvgIpc) is 2.08. The Kier molecular flexibility index (Phi) is 3.71. The van der Waals surface area contributed by atoms with Crippen LogP contribution < -0.4 is 11.1 Å². The van der Waals surface area contributed by atoms with Crippen LogP contribution in [0.2, 0.25) is 5.28 Å². The van der Waals surface area contributed by atoms with Crippen molar-refractivity contribution in [2.24, 2.45) is 0 Å². The molecule has 0 radical (unpaired) electrons. The molecule has 0 unspecified atom stereocenters. The van der Waals surface area contributed by atoms with Crippen LogP contribution in [0.3, 0.4) is 0 Å². The Morgan fingerprint density at radius 3 is 2.86 bits per heavy atom. The maximum Gasteiger partial charge on any atom is 0.224 e. The van der Waals surface area contributed by atoms with Gasteiger partial charge in [0.25, 0.3) is 0 Å². The molecular formula is C8H10BrClN4. The second kappa shape index (κ2) is 4.61. The van der Waals surface area contributed by atoms with Gasteiger partial charge in [0.2, 0.25) is 5.28 Å². The number of hydrogen-bond acceptors (Lipinski definition) is 4. The van der Waals surface area contributed by atoms with Gasteiger partial charge in [-0.15, -0.1) is 0 Å². The summed E-state index contributed by atoms with van der Waals surface area (Å²) in [6.45, 7) is 6.00. The number of aromatic nitrogens is 2. The summed E-state index contributed by atoms with van der Waals surface area (Å²) in [5.74, 6) is 0.531. The van der Waals surface area contributed by atoms with Crippen molar-refractivity contribution in [2.45, 2.75) is 6.92 Å². The van der Waals surface area contributed by atoms with Crippen molar-refractivity contribution < 1.29 is 0 Å². The summed E-state index contributed by atoms with van der Waals surface area (Å²) in [6, 6.07) is 0. The summed E-state index contributed by atoms with van der Waals surface area (Å²) in [5, 5.41) is 3.17. The highest BCUT2D eigenvalue weighted by Crippen LogP contribution is 2.20. The molecule has 1 rings (SSSR count). The summed E-state index contributed by atoms with van der Waals surface area (Å²) in [7, 11) is 0. The van der Waals surface area contributed by atoms with Crippen LogP contribution in [0.5, 0.6) is 0 Å². The van der Waals surface area contributed by atoms with E-state index < -0.39 is 0 Å². The molecule has 0 bridgehead atoms. The van der Waals surface area contributed by atoms with E-state index in [0.717, 1.165) is 4.48 Å². The molecule has 1 heterocycles. The zero-order chi connectivity index (χ0) is 10.7. The standard InChI is InChI=1S/C8H10BrClN4/c1-4(9)3-12-7-6(11)5(2)13-8(10)14-7/h1,3,11H2,2H3,(H,12,13,14). The predicted octanol–water partition coefficient (Wildman–Crippen LogP) is 2.34. The third kappa shape index (κ3) is 2.85. The van der Waals surface area contributed by atoms with E-state index in [-0.39, 0.29) is 5.28 Å². The second-order valence-electron chi connectivity index (χ2n) is 2.71. The van der Waals surface area contributed by atoms with Crippen LogP contribution in [-0.2, 0) is 0 Å². The van der Waals surface area contributed by atoms with Gasteiger partial charge in [-0.05, 0) is 18.5 Å². The molecule has 6 heteroatoms. The van der Waals surface area contributed by atoms with Gasteiger partial charge in [-0.25, -0.2) is 4.98 Å². The highest BCUT2D eigenvalue weighted by Gasteiger charge is 2.06. The van der Waals surface area contributed by atoms with Crippen LogP contribution in [0.15, 0.2) is 11.1 Å². The smallest absolute Gasteiger partial charge is 0.224 e. The van der Waals surface area contributed by atoms with Crippen LogP contribution in [-0.4, -0.2) is 16.5 Å². The van der Waals surface area contributed by atoms with Crippen molar-refractivity contribution in [3.05, 3.63) is 22.0 Å². The number of nitrogens with two attached hydrogens (primary N) is 1. The SMILES string of the molecule is C=C(Br)CNc1nc(Cl)nc(C)c1N. The fourth-order valence-electron chi connectivity index (χ4n) is 0.862. The highest BCUT2D eigenvalue weighted by molar-refractivity contribution is 9.11. The molecule has 1 aromatic heterocycles. The van der Waals surface area contributed by atoms with Crippen molar-refractivity contribution in [3.63, 3.8) is 0 Å². The van der Waals surface area contributed by atoms with Crippen LogP contribution in [0.4, 0.5) is 11.5 Å². The lowest BCUT2D eigenvalue weighted by Crippen LogP contribution is -2.08. The predicted molar refractivity (Wildman–Crippen MR) is 62.7 cm³/mol. The Labute approximate surface area is 95.7 Å². The lowest BCUT2D eigenvalue weighted by molar-refractivity contribution is 1.09. The maximum absolute atomic E-state index is 5.75. The third-order valence-electron chi connectivity index (χ3n) is 1.56. The number of nitrogen functional groups attached to an aromatic ring is 1. The van der Waals surface area contributed by atoms with Gasteiger partial charge >= 0.3 is 0 Å². The summed E-state index contributed by atoms with van der Waals surface area (Å²) < 4.78 is 0.810. The summed E-state index contributed by atoms with van der Waals surface area (Å²) in [4.78, 5) is 7.88. The quantitative estimate of drug-likeness (QED) is 0.833. The van der Waals surface area contributed by atoms with Crippen LogP contribution in [0.1, 0.15) is 5.69 Å². The number of rotatable bonds is 3. The lowest BCUT2D eigenvalue weighted by Gasteiger charge is -2.09. The van der Waals surface area contributed by atoms with E-state index in [1.54, 1.807) is 6.92 Å². The number of nitrogens with zero attached hydrogens (tertiary/aromatic N) is 2. The van der Waals surface area contributed by atoms with E-state index in [9.17, 15) is 0 Å². The fraction of sp³-hybridized carbons (Fsp3) is 0.250. The van der Waals surface area contributed by atoms with Crippen LogP contribution in [0, 0.1) is 6.92 Å². The monoisotopic (exact) mass is 276 g/mol. The molecule has 3 N–H and O–H groups in total. The van der Waals surface area contributed by atoms with Gasteiger partial charge in [0, 0.05) is 11.0 Å². The van der Waals surface area contributed by atoms with Gasteiger partial charge in [-0.2, -0.15) is 4.98 Å². The van der Waals surface area contributed by atoms with E-state index in [2.05, 4.69) is 37.8 Å². The molecular weight excluding hydrogens is 267 g/mol. The van der Waals surface area contributed by atoms with Gasteiger partial charge in [-0.3, -0.25) is 0 Å². The minimum Gasteiger partial charge on any atom is -0.394 e. The third-order valence-corrected chi connectivity index (χ3v) is 2.01. The molecule has 76 valence electrons. The Morgan fingerprint density at radius 1 is 1.64 bits per heavy atom. The van der Waals surface area contributed by atoms with Crippen molar-refractivity contribution in [2.75, 3.05) is 17.6 Å². The van der Waals surface area contributed by atoms with Gasteiger partial charge in [0.05, 0.1) is 11.4 Å². The molecule has 0 aliphatic carbocycles. The molecule has 0 aliphatic heterocycles. The van der Waals surface area contributed by atoms with E-state index in [4.69, 9.17) is 17.3 Å². The number of hydrogen-bond donors (Lipinski definition) is 2. The Morgan fingerprint density at radius 2 is 2.29 bits per heavy atom. The number of halogens is 2. The summed E-state index contributed by atoms with van der Waals surface area (Å²) >= 11 is 8.90. The highest BCUT2D eigenvalue weighted by atomic mass is 79.9. The molecule has 0 spiro atoms. The molecule has 0 atom stereocenters. The zero-order valence-corrected chi connectivity index (χ0v) is 9.98. The second-order valence-corrected chi connectivity index (χ2v) is 4.17. The first-order valence-corrected chi connectivity index (χ1v) is 5.04. The van der Waals surface area contributed by atoms with E-state index >= 15 is 0 Å². The minimum absolute atomic E-state index is 0.180. The minimum atomic E-state index is 0.180. The van der Waals surface area contributed by atoms with E-state index in [1.165, 1.54) is 0 Å². The number of anilines is 2. The number of aryl methyl sites for hydroxylation is 1. The van der Waals surface area contributed by atoms with Crippen molar-refractivity contribution in [1.82, 2.24) is 9.97 Å². The molecule has 0 amide bonds. The van der Waals surface area contributed by atoms with Crippen molar-refractivity contribution in [1.29, 1.82) is 0 Å². The Hall–Kier alpha value is -0.810. The Balaban J connectivity index is 2.90. The zero-order valence-electron chi connectivity index (χ0n) is 7.64. The van der Waals surface area contributed by atoms with Crippen LogP contribution >= 0.6 is 27.5 Å². The molecule has 1 aromatic rings. The largest absolute Gasteiger partial charge is 0.394 e. The summed E-state index contributed by atoms with van der Waals surface area (Å²) in [5.41, 5.74) is 6.91. The Bertz CT molecular complexity index is 367. The first-order chi connectivity index (χ1) is 6.50. The summed E-state index contributed by atoms with van der Waals surface area (Å²) in [6.07, 6.45) is 0. The lowest BCUT2D eigenvalue weighted by atomic mass is 10.3. The molecule has 14 heavy (non-hydrogen) atoms. The van der Waals surface area contributed by atoms with Crippen molar-refractivity contribution in [3.8, 4) is 0 Å². The molecule has 0 fully saturated rings. The van der Waals surface area contributed by atoms with Gasteiger partial charge in [0.1, 0.15) is 0 Å². The van der Waals surface area contributed by atoms with Gasteiger partial charge < -0.3 is 11.1 Å².